The van der Waals surface area contributed by atoms with Crippen molar-refractivity contribution in [1.29, 1.82) is 0 Å². The van der Waals surface area contributed by atoms with Gasteiger partial charge in [-0.25, -0.2) is 0 Å². The number of nitrogens with zero attached hydrogens (tertiary/aromatic N) is 4. The zero-order valence-electron chi connectivity index (χ0n) is 10.2. The third-order valence-electron chi connectivity index (χ3n) is 2.67. The Balaban J connectivity index is 1.92. The van der Waals surface area contributed by atoms with E-state index in [-0.39, 0.29) is 12.2 Å². The predicted molar refractivity (Wildman–Crippen MR) is 76.0 cm³/mol. The Kier molecular flexibility index (Phi) is 3.42. The Hall–Kier alpha value is -2.28. The monoisotopic (exact) mass is 332 g/mol. The van der Waals surface area contributed by atoms with Crippen LogP contribution in [0.2, 0.25) is 0 Å². The molecule has 0 spiro atoms. The number of pyridine rings is 1. The predicted octanol–water partition coefficient (Wildman–Crippen LogP) is 1.58. The summed E-state index contributed by atoms with van der Waals surface area (Å²) in [5.41, 5.74) is 1.02. The molecule has 6 nitrogen and oxygen atoms in total. The molecule has 1 aromatic carbocycles. The maximum atomic E-state index is 12.2. The van der Waals surface area contributed by atoms with Gasteiger partial charge in [-0.2, -0.15) is 0 Å². The minimum atomic E-state index is -0.347. The summed E-state index contributed by atoms with van der Waals surface area (Å²) >= 11 is 3.32. The maximum Gasteiger partial charge on any atom is 0.314 e. The van der Waals surface area contributed by atoms with E-state index in [2.05, 4.69) is 31.2 Å². The molecule has 0 saturated heterocycles. The molecule has 2 heterocycles. The molecular formula is C13H9BrN4O2. The van der Waals surface area contributed by atoms with Gasteiger partial charge in [-0.05, 0) is 34.3 Å². The van der Waals surface area contributed by atoms with Crippen LogP contribution in [0.5, 0.6) is 0 Å². The number of benzene rings is 1. The van der Waals surface area contributed by atoms with E-state index >= 15 is 0 Å². The van der Waals surface area contributed by atoms with Crippen LogP contribution in [-0.2, 0) is 6.61 Å². The molecule has 100 valence electrons. The summed E-state index contributed by atoms with van der Waals surface area (Å²) in [5.74, 6) is 0. The third-order valence-corrected chi connectivity index (χ3v) is 3.17. The van der Waals surface area contributed by atoms with Gasteiger partial charge in [0.15, 0.2) is 0 Å². The van der Waals surface area contributed by atoms with Gasteiger partial charge in [-0.3, -0.25) is 9.78 Å². The van der Waals surface area contributed by atoms with Crippen molar-refractivity contribution in [1.82, 2.24) is 20.1 Å². The second kappa shape index (κ2) is 5.38. The van der Waals surface area contributed by atoms with Gasteiger partial charge in [0, 0.05) is 22.4 Å². The lowest BCUT2D eigenvalue weighted by Gasteiger charge is -2.06. The molecule has 0 aliphatic rings. The van der Waals surface area contributed by atoms with Crippen molar-refractivity contribution in [2.24, 2.45) is 0 Å². The molecule has 0 aliphatic heterocycles. The highest BCUT2D eigenvalue weighted by Crippen LogP contribution is 2.14. The normalized spacial score (nSPS) is 10.7. The molecule has 20 heavy (non-hydrogen) atoms. The lowest BCUT2D eigenvalue weighted by molar-refractivity contribution is 0.0548. The average molecular weight is 333 g/mol. The van der Waals surface area contributed by atoms with Crippen molar-refractivity contribution in [2.45, 2.75) is 6.61 Å². The van der Waals surface area contributed by atoms with Crippen molar-refractivity contribution in [3.63, 3.8) is 0 Å². The first-order chi connectivity index (χ1) is 9.74. The molecule has 0 amide bonds. The zero-order chi connectivity index (χ0) is 13.9. The number of hydrogen-bond acceptors (Lipinski definition) is 5. The fourth-order valence-corrected chi connectivity index (χ4v) is 2.06. The Morgan fingerprint density at radius 3 is 3.00 bits per heavy atom. The van der Waals surface area contributed by atoms with Gasteiger partial charge < -0.3 is 4.84 Å². The van der Waals surface area contributed by atoms with E-state index in [9.17, 15) is 4.79 Å². The van der Waals surface area contributed by atoms with Crippen molar-refractivity contribution in [3.8, 4) is 0 Å². The van der Waals surface area contributed by atoms with Crippen LogP contribution in [0.25, 0.3) is 10.9 Å². The molecule has 0 radical (unpaired) electrons. The topological polar surface area (TPSA) is 69.9 Å². The second-order valence-electron chi connectivity index (χ2n) is 4.06. The number of aromatic nitrogens is 4. The van der Waals surface area contributed by atoms with Crippen LogP contribution in [0.3, 0.4) is 0 Å². The summed E-state index contributed by atoms with van der Waals surface area (Å²) < 4.78 is 0.800. The molecule has 3 aromatic rings. The van der Waals surface area contributed by atoms with E-state index in [0.29, 0.717) is 10.9 Å². The lowest BCUT2D eigenvalue weighted by Crippen LogP contribution is -2.30. The highest BCUT2D eigenvalue weighted by Gasteiger charge is 2.07. The van der Waals surface area contributed by atoms with Crippen molar-refractivity contribution in [3.05, 3.63) is 63.1 Å². The Labute approximate surface area is 122 Å². The Bertz CT molecular complexity index is 804. The fraction of sp³-hybridized carbons (Fsp3) is 0.0769. The van der Waals surface area contributed by atoms with Crippen LogP contribution in [0.15, 0.2) is 52.0 Å². The molecular weight excluding hydrogens is 324 g/mol. The van der Waals surface area contributed by atoms with Gasteiger partial charge in [-0.15, -0.1) is 5.10 Å². The van der Waals surface area contributed by atoms with E-state index in [0.717, 1.165) is 14.9 Å². The van der Waals surface area contributed by atoms with Gasteiger partial charge in [-0.1, -0.05) is 22.0 Å². The summed E-state index contributed by atoms with van der Waals surface area (Å²) in [7, 11) is 0. The molecule has 0 N–H and O–H groups in total. The zero-order valence-corrected chi connectivity index (χ0v) is 11.8. The quantitative estimate of drug-likeness (QED) is 0.728. The first-order valence-corrected chi connectivity index (χ1v) is 6.61. The summed E-state index contributed by atoms with van der Waals surface area (Å²) in [6.45, 7) is 0.196. The highest BCUT2D eigenvalue weighted by molar-refractivity contribution is 9.10. The standard InChI is InChI=1S/C13H9BrN4O2/c14-10-3-4-12-11(6-10)13(19)18(17-16-12)20-8-9-2-1-5-15-7-9/h1-7H,8H2. The summed E-state index contributed by atoms with van der Waals surface area (Å²) in [6.07, 6.45) is 3.33. The lowest BCUT2D eigenvalue weighted by atomic mass is 10.2. The summed E-state index contributed by atoms with van der Waals surface area (Å²) in [6, 6.07) is 8.86. The summed E-state index contributed by atoms with van der Waals surface area (Å²) in [4.78, 5) is 22.4. The third kappa shape index (κ3) is 2.53. The molecule has 0 aliphatic carbocycles. The van der Waals surface area contributed by atoms with Gasteiger partial charge >= 0.3 is 5.56 Å². The second-order valence-corrected chi connectivity index (χ2v) is 4.98. The Morgan fingerprint density at radius 2 is 2.20 bits per heavy atom. The first kappa shape index (κ1) is 12.7. The average Bonchev–Trinajstić information content (AvgIpc) is 2.48. The molecule has 3 rings (SSSR count). The maximum absolute atomic E-state index is 12.2. The molecule has 0 fully saturated rings. The van der Waals surface area contributed by atoms with E-state index in [1.807, 2.05) is 6.07 Å². The van der Waals surface area contributed by atoms with E-state index in [4.69, 9.17) is 4.84 Å². The van der Waals surface area contributed by atoms with Gasteiger partial charge in [0.25, 0.3) is 0 Å². The molecule has 0 unspecified atom stereocenters. The number of hydrogen-bond donors (Lipinski definition) is 0. The van der Waals surface area contributed by atoms with Crippen LogP contribution in [0.4, 0.5) is 0 Å². The van der Waals surface area contributed by atoms with Crippen molar-refractivity contribution >= 4 is 26.8 Å². The largest absolute Gasteiger partial charge is 0.387 e. The van der Waals surface area contributed by atoms with E-state index in [1.54, 1.807) is 36.7 Å². The minimum Gasteiger partial charge on any atom is -0.387 e. The minimum absolute atomic E-state index is 0.196. The highest BCUT2D eigenvalue weighted by atomic mass is 79.9. The van der Waals surface area contributed by atoms with Crippen molar-refractivity contribution in [2.75, 3.05) is 0 Å². The van der Waals surface area contributed by atoms with E-state index < -0.39 is 0 Å². The smallest absolute Gasteiger partial charge is 0.314 e. The number of rotatable bonds is 3. The molecule has 0 atom stereocenters. The molecule has 7 heteroatoms. The number of halogens is 1. The van der Waals surface area contributed by atoms with Crippen LogP contribution < -0.4 is 10.4 Å². The van der Waals surface area contributed by atoms with Crippen LogP contribution in [-0.4, -0.2) is 20.1 Å². The van der Waals surface area contributed by atoms with Crippen LogP contribution in [0, 0.1) is 0 Å². The SMILES string of the molecule is O=c1c2cc(Br)ccc2nnn1OCc1cccnc1. The Morgan fingerprint density at radius 1 is 1.30 bits per heavy atom. The molecule has 0 bridgehead atoms. The van der Waals surface area contributed by atoms with Crippen LogP contribution in [0.1, 0.15) is 5.56 Å². The van der Waals surface area contributed by atoms with Gasteiger partial charge in [0.05, 0.1) is 5.39 Å². The fourth-order valence-electron chi connectivity index (χ4n) is 1.70. The van der Waals surface area contributed by atoms with Crippen LogP contribution >= 0.6 is 15.9 Å². The van der Waals surface area contributed by atoms with Crippen molar-refractivity contribution < 1.29 is 4.84 Å². The number of fused-ring (bicyclic) bond motifs is 1. The molecule has 2 aromatic heterocycles. The van der Waals surface area contributed by atoms with Gasteiger partial charge in [0.2, 0.25) is 0 Å². The van der Waals surface area contributed by atoms with Gasteiger partial charge in [0.1, 0.15) is 12.1 Å². The summed E-state index contributed by atoms with van der Waals surface area (Å²) in [5, 5.41) is 8.14. The first-order valence-electron chi connectivity index (χ1n) is 5.81. The molecule has 0 saturated carbocycles. The van der Waals surface area contributed by atoms with E-state index in [1.165, 1.54) is 0 Å².